The van der Waals surface area contributed by atoms with Crippen LogP contribution >= 0.6 is 0 Å². The van der Waals surface area contributed by atoms with E-state index >= 15 is 0 Å². The molecule has 0 fully saturated rings. The first-order valence-electron chi connectivity index (χ1n) is 4.21. The zero-order chi connectivity index (χ0) is 8.77. The van der Waals surface area contributed by atoms with Crippen molar-refractivity contribution in [3.63, 3.8) is 0 Å². The molecule has 0 aromatic heterocycles. The van der Waals surface area contributed by atoms with Crippen LogP contribution in [0.25, 0.3) is 0 Å². The lowest BCUT2D eigenvalue weighted by Crippen LogP contribution is -2.07. The quantitative estimate of drug-likeness (QED) is 0.530. The zero-order valence-corrected chi connectivity index (χ0v) is 7.55. The van der Waals surface area contributed by atoms with Crippen LogP contribution in [0.1, 0.15) is 20.3 Å². The largest absolute Gasteiger partial charge is 0.465 e. The van der Waals surface area contributed by atoms with Crippen molar-refractivity contribution in [2.75, 3.05) is 0 Å². The summed E-state index contributed by atoms with van der Waals surface area (Å²) in [7, 11) is 0. The van der Waals surface area contributed by atoms with E-state index < -0.39 is 0 Å². The monoisotopic (exact) mass is 161 g/mol. The van der Waals surface area contributed by atoms with Gasteiger partial charge in [-0.05, 0) is 36.0 Å². The molecular formula is C11H13O. The zero-order valence-electron chi connectivity index (χ0n) is 7.55. The molecule has 1 heteroatoms. The fraction of sp³-hybridized carbons (Fsp3) is 0.364. The van der Waals surface area contributed by atoms with E-state index in [-0.39, 0.29) is 5.41 Å². The third kappa shape index (κ3) is 0.927. The van der Waals surface area contributed by atoms with Gasteiger partial charge in [-0.1, -0.05) is 19.9 Å². The van der Waals surface area contributed by atoms with Crippen molar-refractivity contribution in [2.45, 2.75) is 20.3 Å². The molecule has 0 N–H and O–H groups in total. The summed E-state index contributed by atoms with van der Waals surface area (Å²) in [4.78, 5) is 0. The van der Waals surface area contributed by atoms with Crippen molar-refractivity contribution in [2.24, 2.45) is 5.41 Å². The Hall–Kier alpha value is -0.980. The number of allylic oxidation sites excluding steroid dienone is 4. The molecule has 0 unspecified atom stereocenters. The molecule has 0 bridgehead atoms. The Kier molecular flexibility index (Phi) is 1.44. The lowest BCUT2D eigenvalue weighted by molar-refractivity contribution is 0.355. The predicted octanol–water partition coefficient (Wildman–Crippen LogP) is 2.97. The summed E-state index contributed by atoms with van der Waals surface area (Å²) in [6.45, 7) is 8.45. The molecule has 2 aliphatic rings. The number of fused-ring (bicyclic) bond motifs is 1. The summed E-state index contributed by atoms with van der Waals surface area (Å²) in [6.07, 6.45) is 6.81. The van der Waals surface area contributed by atoms with Gasteiger partial charge in [0, 0.05) is 0 Å². The summed E-state index contributed by atoms with van der Waals surface area (Å²) in [6, 6.07) is 0. The highest BCUT2D eigenvalue weighted by atomic mass is 16.5. The van der Waals surface area contributed by atoms with E-state index in [1.165, 1.54) is 5.57 Å². The van der Waals surface area contributed by atoms with E-state index in [2.05, 4.69) is 26.8 Å². The van der Waals surface area contributed by atoms with Crippen molar-refractivity contribution in [1.29, 1.82) is 0 Å². The molecule has 0 saturated carbocycles. The van der Waals surface area contributed by atoms with Gasteiger partial charge in [0.25, 0.3) is 0 Å². The molecule has 1 nitrogen and oxygen atoms in total. The van der Waals surface area contributed by atoms with Crippen LogP contribution in [0.3, 0.4) is 0 Å². The standard InChI is InChI=1S/C11H13O/c1-8-10-9(5-4-6-12-10)7-11(8,2)3/h4-6H,1,7H2,2-3H3. The molecule has 0 saturated heterocycles. The topological polar surface area (TPSA) is 9.23 Å². The highest BCUT2D eigenvalue weighted by Gasteiger charge is 2.34. The fourth-order valence-electron chi connectivity index (χ4n) is 1.71. The maximum atomic E-state index is 5.42. The van der Waals surface area contributed by atoms with Crippen LogP contribution in [-0.4, -0.2) is 0 Å². The Labute approximate surface area is 73.4 Å². The van der Waals surface area contributed by atoms with Crippen LogP contribution < -0.4 is 0 Å². The van der Waals surface area contributed by atoms with Crippen molar-refractivity contribution in [3.05, 3.63) is 42.2 Å². The van der Waals surface area contributed by atoms with E-state index in [1.807, 2.05) is 6.08 Å². The van der Waals surface area contributed by atoms with Crippen molar-refractivity contribution < 1.29 is 4.74 Å². The Morgan fingerprint density at radius 2 is 2.25 bits per heavy atom. The van der Waals surface area contributed by atoms with Crippen LogP contribution in [0.2, 0.25) is 0 Å². The van der Waals surface area contributed by atoms with Crippen LogP contribution in [0.4, 0.5) is 0 Å². The van der Waals surface area contributed by atoms with E-state index in [1.54, 1.807) is 6.26 Å². The molecule has 1 radical (unpaired) electrons. The van der Waals surface area contributed by atoms with Gasteiger partial charge in [0.2, 0.25) is 0 Å². The Balaban J connectivity index is 2.47. The van der Waals surface area contributed by atoms with Crippen LogP contribution in [0, 0.1) is 12.3 Å². The molecule has 0 spiro atoms. The summed E-state index contributed by atoms with van der Waals surface area (Å²) < 4.78 is 5.42. The van der Waals surface area contributed by atoms with E-state index in [0.29, 0.717) is 0 Å². The molecule has 0 aromatic carbocycles. The van der Waals surface area contributed by atoms with Gasteiger partial charge in [-0.25, -0.2) is 0 Å². The molecule has 0 aromatic rings. The second kappa shape index (κ2) is 2.25. The average Bonchev–Trinajstić information content (AvgIpc) is 2.24. The minimum atomic E-state index is 0.174. The fourth-order valence-corrected chi connectivity index (χ4v) is 1.71. The normalized spacial score (nSPS) is 25.1. The highest BCUT2D eigenvalue weighted by molar-refractivity contribution is 5.46. The van der Waals surface area contributed by atoms with Gasteiger partial charge < -0.3 is 4.74 Å². The van der Waals surface area contributed by atoms with Gasteiger partial charge >= 0.3 is 0 Å². The Bertz CT molecular complexity index is 303. The van der Waals surface area contributed by atoms with Crippen molar-refractivity contribution in [1.82, 2.24) is 0 Å². The van der Waals surface area contributed by atoms with Gasteiger partial charge in [0.15, 0.2) is 0 Å². The number of ether oxygens (including phenoxy) is 1. The molecule has 1 aliphatic heterocycles. The first kappa shape index (κ1) is 7.66. The summed E-state index contributed by atoms with van der Waals surface area (Å²) in [5.41, 5.74) is 2.58. The summed E-state index contributed by atoms with van der Waals surface area (Å²) >= 11 is 0. The second-order valence-electron chi connectivity index (χ2n) is 4.01. The van der Waals surface area contributed by atoms with Gasteiger partial charge in [-0.15, -0.1) is 0 Å². The lowest BCUT2D eigenvalue weighted by atomic mass is 9.86. The Morgan fingerprint density at radius 3 is 2.92 bits per heavy atom. The van der Waals surface area contributed by atoms with Crippen LogP contribution in [-0.2, 0) is 4.74 Å². The SMILES string of the molecule is [CH2]C1=C2OC=CC=C2CC1(C)C. The average molecular weight is 161 g/mol. The highest BCUT2D eigenvalue weighted by Crippen LogP contribution is 2.46. The molecule has 1 heterocycles. The molecule has 12 heavy (non-hydrogen) atoms. The van der Waals surface area contributed by atoms with Crippen LogP contribution in [0.5, 0.6) is 0 Å². The van der Waals surface area contributed by atoms with Gasteiger partial charge in [0.05, 0.1) is 6.26 Å². The Morgan fingerprint density at radius 1 is 1.50 bits per heavy atom. The smallest absolute Gasteiger partial charge is 0.129 e. The van der Waals surface area contributed by atoms with Gasteiger partial charge in [-0.3, -0.25) is 0 Å². The predicted molar refractivity (Wildman–Crippen MR) is 49.1 cm³/mol. The summed E-state index contributed by atoms with van der Waals surface area (Å²) in [5, 5.41) is 0. The first-order valence-corrected chi connectivity index (χ1v) is 4.21. The lowest BCUT2D eigenvalue weighted by Gasteiger charge is -2.17. The van der Waals surface area contributed by atoms with Gasteiger partial charge in [-0.2, -0.15) is 0 Å². The van der Waals surface area contributed by atoms with Crippen molar-refractivity contribution in [3.8, 4) is 0 Å². The van der Waals surface area contributed by atoms with Crippen LogP contribution in [0.15, 0.2) is 35.3 Å². The van der Waals surface area contributed by atoms with E-state index in [4.69, 9.17) is 4.74 Å². The maximum Gasteiger partial charge on any atom is 0.129 e. The number of hydrogen-bond acceptors (Lipinski definition) is 1. The van der Waals surface area contributed by atoms with E-state index in [0.717, 1.165) is 17.8 Å². The van der Waals surface area contributed by atoms with Gasteiger partial charge in [0.1, 0.15) is 5.76 Å². The third-order valence-corrected chi connectivity index (χ3v) is 2.58. The number of rotatable bonds is 0. The molecule has 1 aliphatic carbocycles. The minimum absolute atomic E-state index is 0.174. The van der Waals surface area contributed by atoms with Crippen molar-refractivity contribution >= 4 is 0 Å². The molecule has 63 valence electrons. The molecule has 0 amide bonds. The molecule has 2 rings (SSSR count). The summed E-state index contributed by atoms with van der Waals surface area (Å²) in [5.74, 6) is 0.988. The number of hydrogen-bond donors (Lipinski definition) is 0. The second-order valence-corrected chi connectivity index (χ2v) is 4.01. The molecule has 0 atom stereocenters. The third-order valence-electron chi connectivity index (χ3n) is 2.58. The molecular weight excluding hydrogens is 148 g/mol. The minimum Gasteiger partial charge on any atom is -0.465 e. The maximum absolute atomic E-state index is 5.42. The first-order chi connectivity index (χ1) is 5.61. The van der Waals surface area contributed by atoms with E-state index in [9.17, 15) is 0 Å².